The largest absolute Gasteiger partial charge is 0.482 e. The molecule has 4 heteroatoms. The van der Waals surface area contributed by atoms with Crippen LogP contribution in [-0.4, -0.2) is 16.7 Å². The normalized spacial score (nSPS) is 17.7. The van der Waals surface area contributed by atoms with E-state index in [4.69, 9.17) is 21.4 Å². The first-order valence-electron chi connectivity index (χ1n) is 4.85. The van der Waals surface area contributed by atoms with Crippen LogP contribution in [0.2, 0.25) is 0 Å². The van der Waals surface area contributed by atoms with Crippen LogP contribution in [0, 0.1) is 0 Å². The first-order chi connectivity index (χ1) is 7.43. The van der Waals surface area contributed by atoms with Gasteiger partial charge in [0, 0.05) is 5.56 Å². The Balaban J connectivity index is 2.70. The highest BCUT2D eigenvalue weighted by molar-refractivity contribution is 6.51. The van der Waals surface area contributed by atoms with Gasteiger partial charge in [-0.15, -0.1) is 0 Å². The van der Waals surface area contributed by atoms with Crippen LogP contribution in [-0.2, 0) is 4.79 Å². The number of carbonyl (C=O) groups is 1. The van der Waals surface area contributed by atoms with Crippen LogP contribution in [0.4, 0.5) is 0 Å². The van der Waals surface area contributed by atoms with Crippen LogP contribution in [0.15, 0.2) is 29.8 Å². The molecule has 1 heterocycles. The van der Waals surface area contributed by atoms with Crippen LogP contribution in [0.1, 0.15) is 19.4 Å². The SMILES string of the molecule is CC1(C)Oc2ccccc2C(Cl)=C1C(=O)O. The summed E-state index contributed by atoms with van der Waals surface area (Å²) >= 11 is 6.11. The molecule has 16 heavy (non-hydrogen) atoms. The van der Waals surface area contributed by atoms with Gasteiger partial charge in [-0.25, -0.2) is 4.79 Å². The smallest absolute Gasteiger partial charge is 0.337 e. The molecular weight excluding hydrogens is 228 g/mol. The number of rotatable bonds is 1. The zero-order valence-corrected chi connectivity index (χ0v) is 9.71. The number of carboxylic acid groups (broad SMARTS) is 1. The Hall–Kier alpha value is -1.48. The number of carboxylic acids is 1. The minimum Gasteiger partial charge on any atom is -0.482 e. The molecule has 0 saturated heterocycles. The Morgan fingerprint density at radius 1 is 1.38 bits per heavy atom. The summed E-state index contributed by atoms with van der Waals surface area (Å²) in [6.45, 7) is 3.38. The van der Waals surface area contributed by atoms with E-state index in [1.54, 1.807) is 32.0 Å². The van der Waals surface area contributed by atoms with Crippen molar-refractivity contribution in [2.75, 3.05) is 0 Å². The van der Waals surface area contributed by atoms with Crippen molar-refractivity contribution >= 4 is 22.6 Å². The molecule has 0 bridgehead atoms. The summed E-state index contributed by atoms with van der Waals surface area (Å²) in [6.07, 6.45) is 0. The Bertz CT molecular complexity index is 489. The topological polar surface area (TPSA) is 46.5 Å². The average Bonchev–Trinajstić information content (AvgIpc) is 2.15. The summed E-state index contributed by atoms with van der Waals surface area (Å²) in [7, 11) is 0. The second kappa shape index (κ2) is 3.52. The van der Waals surface area contributed by atoms with Gasteiger partial charge in [-0.05, 0) is 26.0 Å². The fraction of sp³-hybridized carbons (Fsp3) is 0.250. The van der Waals surface area contributed by atoms with Crippen molar-refractivity contribution in [3.05, 3.63) is 35.4 Å². The number of benzene rings is 1. The van der Waals surface area contributed by atoms with Crippen LogP contribution < -0.4 is 4.74 Å². The second-order valence-corrected chi connectivity index (χ2v) is 4.48. The lowest BCUT2D eigenvalue weighted by atomic mass is 9.92. The molecule has 1 N–H and O–H groups in total. The van der Waals surface area contributed by atoms with Crippen LogP contribution in [0.5, 0.6) is 5.75 Å². The quantitative estimate of drug-likeness (QED) is 0.818. The predicted octanol–water partition coefficient (Wildman–Crippen LogP) is 2.89. The van der Waals surface area contributed by atoms with E-state index < -0.39 is 11.6 Å². The van der Waals surface area contributed by atoms with Crippen molar-refractivity contribution in [1.29, 1.82) is 0 Å². The van der Waals surface area contributed by atoms with Crippen LogP contribution in [0.25, 0.3) is 5.03 Å². The molecule has 3 nitrogen and oxygen atoms in total. The second-order valence-electron chi connectivity index (χ2n) is 4.10. The van der Waals surface area contributed by atoms with Gasteiger partial charge in [0.25, 0.3) is 0 Å². The highest BCUT2D eigenvalue weighted by atomic mass is 35.5. The summed E-state index contributed by atoms with van der Waals surface area (Å²) in [5, 5.41) is 9.40. The zero-order valence-electron chi connectivity index (χ0n) is 8.95. The zero-order chi connectivity index (χ0) is 11.9. The van der Waals surface area contributed by atoms with Gasteiger partial charge in [0.05, 0.1) is 10.6 Å². The van der Waals surface area contributed by atoms with Crippen LogP contribution in [0.3, 0.4) is 0 Å². The number of hydrogen-bond acceptors (Lipinski definition) is 2. The maximum absolute atomic E-state index is 11.2. The van der Waals surface area contributed by atoms with Crippen molar-refractivity contribution in [1.82, 2.24) is 0 Å². The highest BCUT2D eigenvalue weighted by Crippen LogP contribution is 2.42. The number of ether oxygens (including phenoxy) is 1. The summed E-state index contributed by atoms with van der Waals surface area (Å²) in [4.78, 5) is 11.2. The lowest BCUT2D eigenvalue weighted by Gasteiger charge is -2.33. The van der Waals surface area contributed by atoms with E-state index >= 15 is 0 Å². The molecule has 0 radical (unpaired) electrons. The van der Waals surface area contributed by atoms with E-state index in [0.29, 0.717) is 11.3 Å². The summed E-state index contributed by atoms with van der Waals surface area (Å²) in [5.74, 6) is -0.438. The first-order valence-corrected chi connectivity index (χ1v) is 5.23. The van der Waals surface area contributed by atoms with Crippen molar-refractivity contribution in [2.24, 2.45) is 0 Å². The molecule has 84 valence electrons. The fourth-order valence-electron chi connectivity index (χ4n) is 1.81. The number of aliphatic carboxylic acids is 1. The van der Waals surface area contributed by atoms with Crippen molar-refractivity contribution in [2.45, 2.75) is 19.4 Å². The maximum atomic E-state index is 11.2. The molecule has 0 spiro atoms. The Morgan fingerprint density at radius 2 is 2.00 bits per heavy atom. The number of hydrogen-bond donors (Lipinski definition) is 1. The number of halogens is 1. The molecule has 0 unspecified atom stereocenters. The van der Waals surface area contributed by atoms with E-state index in [2.05, 4.69) is 0 Å². The van der Waals surface area contributed by atoms with Gasteiger partial charge in [-0.3, -0.25) is 0 Å². The van der Waals surface area contributed by atoms with Gasteiger partial charge < -0.3 is 9.84 Å². The molecule has 1 aliphatic heterocycles. The van der Waals surface area contributed by atoms with Gasteiger partial charge in [0.15, 0.2) is 0 Å². The monoisotopic (exact) mass is 238 g/mol. The minimum absolute atomic E-state index is 0.0906. The average molecular weight is 239 g/mol. The van der Waals surface area contributed by atoms with E-state index in [1.807, 2.05) is 6.07 Å². The highest BCUT2D eigenvalue weighted by Gasteiger charge is 2.38. The molecule has 1 aliphatic rings. The molecule has 2 rings (SSSR count). The van der Waals surface area contributed by atoms with Crippen molar-refractivity contribution in [3.8, 4) is 5.75 Å². The molecule has 0 saturated carbocycles. The summed E-state index contributed by atoms with van der Waals surface area (Å²) in [6, 6.07) is 7.14. The van der Waals surface area contributed by atoms with Gasteiger partial charge >= 0.3 is 5.97 Å². The van der Waals surface area contributed by atoms with E-state index in [1.165, 1.54) is 0 Å². The molecule has 0 amide bonds. The minimum atomic E-state index is -1.05. The lowest BCUT2D eigenvalue weighted by Crippen LogP contribution is -2.37. The molecular formula is C12H11ClO3. The third kappa shape index (κ3) is 1.57. The van der Waals surface area contributed by atoms with E-state index in [-0.39, 0.29) is 10.6 Å². The number of para-hydroxylation sites is 1. The maximum Gasteiger partial charge on any atom is 0.337 e. The van der Waals surface area contributed by atoms with Gasteiger partial charge in [0.1, 0.15) is 11.4 Å². The Kier molecular flexibility index (Phi) is 2.43. The van der Waals surface area contributed by atoms with Crippen LogP contribution >= 0.6 is 11.6 Å². The third-order valence-electron chi connectivity index (χ3n) is 2.52. The fourth-order valence-corrected chi connectivity index (χ4v) is 2.28. The van der Waals surface area contributed by atoms with E-state index in [0.717, 1.165) is 0 Å². The molecule has 0 aliphatic carbocycles. The standard InChI is InChI=1S/C12H11ClO3/c1-12(2)9(11(14)15)10(13)7-5-3-4-6-8(7)16-12/h3-6H,1-2H3,(H,14,15). The van der Waals surface area contributed by atoms with Gasteiger partial charge in [-0.1, -0.05) is 23.7 Å². The predicted molar refractivity (Wildman–Crippen MR) is 61.6 cm³/mol. The lowest BCUT2D eigenvalue weighted by molar-refractivity contribution is -0.134. The van der Waals surface area contributed by atoms with Gasteiger partial charge in [0.2, 0.25) is 0 Å². The number of fused-ring (bicyclic) bond motifs is 1. The Morgan fingerprint density at radius 3 is 2.62 bits per heavy atom. The van der Waals surface area contributed by atoms with Gasteiger partial charge in [-0.2, -0.15) is 0 Å². The van der Waals surface area contributed by atoms with Crippen molar-refractivity contribution in [3.63, 3.8) is 0 Å². The molecule has 0 fully saturated rings. The molecule has 1 aromatic rings. The molecule has 1 aromatic carbocycles. The van der Waals surface area contributed by atoms with Crippen molar-refractivity contribution < 1.29 is 14.6 Å². The Labute approximate surface area is 98.3 Å². The molecule has 0 aromatic heterocycles. The molecule has 0 atom stereocenters. The third-order valence-corrected chi connectivity index (χ3v) is 2.92. The summed E-state index contributed by atoms with van der Waals surface area (Å²) in [5.41, 5.74) is -0.203. The first kappa shape index (κ1) is 11.0. The summed E-state index contributed by atoms with van der Waals surface area (Å²) < 4.78 is 5.64. The van der Waals surface area contributed by atoms with E-state index in [9.17, 15) is 4.79 Å².